The molecule has 1 N–H and O–H groups in total. The van der Waals surface area contributed by atoms with Crippen LogP contribution >= 0.6 is 15.9 Å². The average Bonchev–Trinajstić information content (AvgIpc) is 2.26. The van der Waals surface area contributed by atoms with E-state index < -0.39 is 5.97 Å². The number of ether oxygens (including phenoxy) is 1. The highest BCUT2D eigenvalue weighted by Crippen LogP contribution is 2.22. The maximum atomic E-state index is 10.4. The zero-order valence-electron chi connectivity index (χ0n) is 9.11. The predicted octanol–water partition coefficient (Wildman–Crippen LogP) is 2.73. The Morgan fingerprint density at radius 2 is 2.35 bits per heavy atom. The van der Waals surface area contributed by atoms with Crippen LogP contribution in [0.4, 0.5) is 0 Å². The Morgan fingerprint density at radius 1 is 1.65 bits per heavy atom. The highest BCUT2D eigenvalue weighted by Gasteiger charge is 2.04. The molecule has 0 unspecified atom stereocenters. The molecule has 88 valence electrons. The van der Waals surface area contributed by atoms with Crippen LogP contribution in [0.3, 0.4) is 0 Å². The molecule has 0 radical (unpaired) electrons. The summed E-state index contributed by atoms with van der Waals surface area (Å²) in [6.07, 6.45) is 1.07. The molecule has 0 heterocycles. The molecule has 0 fully saturated rings. The Kier molecular flexibility index (Phi) is 4.73. The minimum atomic E-state index is -1.01. The maximum Gasteiger partial charge on any atom is 0.328 e. The standard InChI is InChI=1S/C12H10BrNO3/c1-8(4-12(15)16)7-17-11-3-2-10(13)5-9(11)6-14/h2-5H,7H2,1H3,(H,15,16)/b8-4-. The molecule has 0 saturated carbocycles. The Balaban J connectivity index is 2.77. The summed E-state index contributed by atoms with van der Waals surface area (Å²) in [5, 5.41) is 17.4. The molecule has 0 amide bonds. The summed E-state index contributed by atoms with van der Waals surface area (Å²) in [7, 11) is 0. The van der Waals surface area contributed by atoms with Gasteiger partial charge >= 0.3 is 5.97 Å². The Morgan fingerprint density at radius 3 is 2.94 bits per heavy atom. The van der Waals surface area contributed by atoms with Gasteiger partial charge in [0.05, 0.1) is 5.56 Å². The SMILES string of the molecule is C/C(=C/C(=O)O)COc1ccc(Br)cc1C#N. The van der Waals surface area contributed by atoms with E-state index in [4.69, 9.17) is 15.1 Å². The first kappa shape index (κ1) is 13.3. The molecule has 17 heavy (non-hydrogen) atoms. The van der Waals surface area contributed by atoms with Gasteiger partial charge in [-0.2, -0.15) is 5.26 Å². The van der Waals surface area contributed by atoms with Gasteiger partial charge in [0.15, 0.2) is 0 Å². The molecule has 0 bridgehead atoms. The number of carboxylic acid groups (broad SMARTS) is 1. The van der Waals surface area contributed by atoms with Crippen LogP contribution in [0.15, 0.2) is 34.3 Å². The predicted molar refractivity (Wildman–Crippen MR) is 65.7 cm³/mol. The first-order chi connectivity index (χ1) is 8.02. The van der Waals surface area contributed by atoms with Crippen molar-refractivity contribution in [3.63, 3.8) is 0 Å². The van der Waals surface area contributed by atoms with E-state index in [2.05, 4.69) is 15.9 Å². The average molecular weight is 296 g/mol. The summed E-state index contributed by atoms with van der Waals surface area (Å²) in [6.45, 7) is 1.79. The second-order valence-electron chi connectivity index (χ2n) is 3.37. The second kappa shape index (κ2) is 6.06. The van der Waals surface area contributed by atoms with Crippen molar-refractivity contribution >= 4 is 21.9 Å². The molecule has 0 aromatic heterocycles. The van der Waals surface area contributed by atoms with Crippen LogP contribution in [0.2, 0.25) is 0 Å². The summed E-state index contributed by atoms with van der Waals surface area (Å²) < 4.78 is 6.16. The second-order valence-corrected chi connectivity index (χ2v) is 4.29. The van der Waals surface area contributed by atoms with Crippen molar-refractivity contribution in [1.82, 2.24) is 0 Å². The van der Waals surface area contributed by atoms with Crippen molar-refractivity contribution < 1.29 is 14.6 Å². The molecule has 0 aliphatic rings. The highest BCUT2D eigenvalue weighted by atomic mass is 79.9. The summed E-state index contributed by atoms with van der Waals surface area (Å²) in [5.41, 5.74) is 0.979. The molecule has 1 aromatic rings. The molecule has 5 heteroatoms. The van der Waals surface area contributed by atoms with E-state index in [1.807, 2.05) is 6.07 Å². The number of hydrogen-bond acceptors (Lipinski definition) is 3. The molecule has 1 aromatic carbocycles. The number of carboxylic acids is 1. The van der Waals surface area contributed by atoms with Crippen molar-refractivity contribution in [2.24, 2.45) is 0 Å². The lowest BCUT2D eigenvalue weighted by Crippen LogP contribution is -2.02. The smallest absolute Gasteiger partial charge is 0.328 e. The van der Waals surface area contributed by atoms with E-state index in [-0.39, 0.29) is 6.61 Å². The molecule has 0 spiro atoms. The monoisotopic (exact) mass is 295 g/mol. The maximum absolute atomic E-state index is 10.4. The molecule has 0 atom stereocenters. The van der Waals surface area contributed by atoms with Gasteiger partial charge in [-0.15, -0.1) is 0 Å². The van der Waals surface area contributed by atoms with Crippen molar-refractivity contribution in [3.8, 4) is 11.8 Å². The van der Waals surface area contributed by atoms with Gasteiger partial charge in [-0.05, 0) is 30.7 Å². The summed E-state index contributed by atoms with van der Waals surface area (Å²) >= 11 is 3.25. The highest BCUT2D eigenvalue weighted by molar-refractivity contribution is 9.10. The van der Waals surface area contributed by atoms with E-state index in [0.717, 1.165) is 10.5 Å². The van der Waals surface area contributed by atoms with Gasteiger partial charge in [0, 0.05) is 10.5 Å². The van der Waals surface area contributed by atoms with E-state index in [0.29, 0.717) is 16.9 Å². The van der Waals surface area contributed by atoms with Crippen LogP contribution in [-0.2, 0) is 4.79 Å². The lowest BCUT2D eigenvalue weighted by Gasteiger charge is -2.07. The fourth-order valence-electron chi connectivity index (χ4n) is 1.16. The van der Waals surface area contributed by atoms with Crippen LogP contribution in [0.1, 0.15) is 12.5 Å². The van der Waals surface area contributed by atoms with E-state index in [9.17, 15) is 4.79 Å². The third kappa shape index (κ3) is 4.29. The number of hydrogen-bond donors (Lipinski definition) is 1. The van der Waals surface area contributed by atoms with E-state index in [1.165, 1.54) is 0 Å². The fraction of sp³-hybridized carbons (Fsp3) is 0.167. The number of nitrogens with zero attached hydrogens (tertiary/aromatic N) is 1. The minimum absolute atomic E-state index is 0.141. The normalized spacial score (nSPS) is 10.8. The van der Waals surface area contributed by atoms with Crippen LogP contribution in [-0.4, -0.2) is 17.7 Å². The topological polar surface area (TPSA) is 70.3 Å². The zero-order valence-corrected chi connectivity index (χ0v) is 10.7. The summed E-state index contributed by atoms with van der Waals surface area (Å²) in [6, 6.07) is 7.07. The molecular formula is C12H10BrNO3. The molecule has 0 aliphatic heterocycles. The zero-order chi connectivity index (χ0) is 12.8. The number of nitriles is 1. The molecule has 0 aliphatic carbocycles. The van der Waals surface area contributed by atoms with Crippen LogP contribution in [0.25, 0.3) is 0 Å². The molecular weight excluding hydrogens is 286 g/mol. The van der Waals surface area contributed by atoms with Gasteiger partial charge in [0.25, 0.3) is 0 Å². The van der Waals surface area contributed by atoms with Gasteiger partial charge in [-0.3, -0.25) is 0 Å². The minimum Gasteiger partial charge on any atom is -0.488 e. The van der Waals surface area contributed by atoms with Crippen molar-refractivity contribution in [1.29, 1.82) is 5.26 Å². The first-order valence-electron chi connectivity index (χ1n) is 4.75. The number of benzene rings is 1. The van der Waals surface area contributed by atoms with Gasteiger partial charge in [0.2, 0.25) is 0 Å². The van der Waals surface area contributed by atoms with Gasteiger partial charge in [-0.1, -0.05) is 15.9 Å². The van der Waals surface area contributed by atoms with Gasteiger partial charge < -0.3 is 9.84 Å². The largest absolute Gasteiger partial charge is 0.488 e. The summed E-state index contributed by atoms with van der Waals surface area (Å²) in [5.74, 6) is -0.573. The Labute approximate surface area is 107 Å². The Bertz CT molecular complexity index is 503. The molecule has 0 saturated heterocycles. The number of rotatable bonds is 4. The fourth-order valence-corrected chi connectivity index (χ4v) is 1.52. The lowest BCUT2D eigenvalue weighted by molar-refractivity contribution is -0.131. The quantitative estimate of drug-likeness (QED) is 0.867. The molecule has 1 rings (SSSR count). The van der Waals surface area contributed by atoms with Crippen molar-refractivity contribution in [2.45, 2.75) is 6.92 Å². The van der Waals surface area contributed by atoms with Crippen molar-refractivity contribution in [2.75, 3.05) is 6.61 Å². The van der Waals surface area contributed by atoms with Crippen LogP contribution in [0, 0.1) is 11.3 Å². The van der Waals surface area contributed by atoms with Crippen LogP contribution in [0.5, 0.6) is 5.75 Å². The number of carbonyl (C=O) groups is 1. The number of halogens is 1. The third-order valence-corrected chi connectivity index (χ3v) is 2.38. The molecule has 4 nitrogen and oxygen atoms in total. The Hall–Kier alpha value is -1.80. The van der Waals surface area contributed by atoms with E-state index >= 15 is 0 Å². The third-order valence-electron chi connectivity index (χ3n) is 1.89. The van der Waals surface area contributed by atoms with Gasteiger partial charge in [-0.25, -0.2) is 4.79 Å². The summed E-state index contributed by atoms with van der Waals surface area (Å²) in [4.78, 5) is 10.4. The van der Waals surface area contributed by atoms with Crippen molar-refractivity contribution in [3.05, 3.63) is 39.9 Å². The van der Waals surface area contributed by atoms with Crippen LogP contribution < -0.4 is 4.74 Å². The first-order valence-corrected chi connectivity index (χ1v) is 5.55. The number of aliphatic carboxylic acids is 1. The van der Waals surface area contributed by atoms with Gasteiger partial charge in [0.1, 0.15) is 18.4 Å². The van der Waals surface area contributed by atoms with E-state index in [1.54, 1.807) is 25.1 Å². The lowest BCUT2D eigenvalue weighted by atomic mass is 10.2.